The Balaban J connectivity index is 2.15. The molecule has 102 valence electrons. The molecule has 0 aliphatic heterocycles. The van der Waals surface area contributed by atoms with Gasteiger partial charge in [-0.2, -0.15) is 5.26 Å². The summed E-state index contributed by atoms with van der Waals surface area (Å²) in [5.41, 5.74) is 2.59. The monoisotopic (exact) mass is 394 g/mol. The van der Waals surface area contributed by atoms with Gasteiger partial charge in [-0.1, -0.05) is 22.0 Å². The fourth-order valence-electron chi connectivity index (χ4n) is 1.77. The Kier molecular flexibility index (Phi) is 5.05. The molecule has 0 atom stereocenters. The van der Waals surface area contributed by atoms with Crippen LogP contribution in [0, 0.1) is 11.3 Å². The largest absolute Gasteiger partial charge is 0.495 e. The molecular weight excluding hydrogens is 384 g/mol. The number of rotatable bonds is 4. The van der Waals surface area contributed by atoms with Gasteiger partial charge in [0.15, 0.2) is 0 Å². The van der Waals surface area contributed by atoms with Crippen molar-refractivity contribution in [3.8, 4) is 11.8 Å². The molecule has 3 nitrogen and oxygen atoms in total. The van der Waals surface area contributed by atoms with Crippen molar-refractivity contribution in [2.24, 2.45) is 0 Å². The molecule has 0 aliphatic rings. The van der Waals surface area contributed by atoms with Crippen LogP contribution >= 0.6 is 31.9 Å². The molecule has 0 unspecified atom stereocenters. The van der Waals surface area contributed by atoms with Gasteiger partial charge in [-0.25, -0.2) is 0 Å². The maximum Gasteiger partial charge on any atom is 0.136 e. The lowest BCUT2D eigenvalue weighted by Gasteiger charge is -2.10. The maximum absolute atomic E-state index is 8.96. The van der Waals surface area contributed by atoms with Crippen LogP contribution in [0.1, 0.15) is 11.1 Å². The topological polar surface area (TPSA) is 45.0 Å². The summed E-state index contributed by atoms with van der Waals surface area (Å²) in [5, 5.41) is 12.3. The van der Waals surface area contributed by atoms with Gasteiger partial charge in [-0.05, 0) is 51.8 Å². The number of anilines is 1. The minimum absolute atomic E-state index is 0.542. The molecule has 0 amide bonds. The van der Waals surface area contributed by atoms with E-state index in [0.29, 0.717) is 17.9 Å². The Bertz CT molecular complexity index is 665. The molecule has 0 saturated carbocycles. The van der Waals surface area contributed by atoms with Crippen LogP contribution in [-0.2, 0) is 6.54 Å². The predicted octanol–water partition coefficient (Wildman–Crippen LogP) is 4.70. The van der Waals surface area contributed by atoms with Gasteiger partial charge in [0.25, 0.3) is 0 Å². The SMILES string of the molecule is COc1cc(CNc2cc(Br)ccc2Br)ccc1C#N. The third kappa shape index (κ3) is 3.53. The highest BCUT2D eigenvalue weighted by Crippen LogP contribution is 2.27. The van der Waals surface area contributed by atoms with Crippen LogP contribution in [0.5, 0.6) is 5.75 Å². The summed E-state index contributed by atoms with van der Waals surface area (Å²) >= 11 is 6.95. The Morgan fingerprint density at radius 2 is 2.00 bits per heavy atom. The van der Waals surface area contributed by atoms with E-state index < -0.39 is 0 Å². The molecule has 0 bridgehead atoms. The number of nitriles is 1. The number of hydrogen-bond donors (Lipinski definition) is 1. The van der Waals surface area contributed by atoms with Gasteiger partial charge in [0.1, 0.15) is 11.8 Å². The van der Waals surface area contributed by atoms with Crippen LogP contribution in [0.4, 0.5) is 5.69 Å². The van der Waals surface area contributed by atoms with E-state index in [-0.39, 0.29) is 0 Å². The molecule has 0 heterocycles. The van der Waals surface area contributed by atoms with E-state index in [1.807, 2.05) is 30.3 Å². The molecule has 5 heteroatoms. The van der Waals surface area contributed by atoms with Gasteiger partial charge in [-0.3, -0.25) is 0 Å². The Labute approximate surface area is 134 Å². The van der Waals surface area contributed by atoms with Crippen molar-refractivity contribution < 1.29 is 4.74 Å². The summed E-state index contributed by atoms with van der Waals surface area (Å²) in [6.45, 7) is 0.650. The molecule has 0 spiro atoms. The van der Waals surface area contributed by atoms with Crippen LogP contribution in [0.2, 0.25) is 0 Å². The summed E-state index contributed by atoms with van der Waals surface area (Å²) in [6.07, 6.45) is 0. The van der Waals surface area contributed by atoms with Crippen molar-refractivity contribution in [2.75, 3.05) is 12.4 Å². The summed E-state index contributed by atoms with van der Waals surface area (Å²) < 4.78 is 7.22. The van der Waals surface area contributed by atoms with Gasteiger partial charge in [0, 0.05) is 21.2 Å². The van der Waals surface area contributed by atoms with Crippen molar-refractivity contribution in [2.45, 2.75) is 6.54 Å². The van der Waals surface area contributed by atoms with Crippen molar-refractivity contribution >= 4 is 37.5 Å². The third-order valence-corrected chi connectivity index (χ3v) is 3.98. The van der Waals surface area contributed by atoms with E-state index in [4.69, 9.17) is 10.00 Å². The van der Waals surface area contributed by atoms with E-state index in [9.17, 15) is 0 Å². The fraction of sp³-hybridized carbons (Fsp3) is 0.133. The summed E-state index contributed by atoms with van der Waals surface area (Å²) in [6, 6.07) is 13.6. The third-order valence-electron chi connectivity index (χ3n) is 2.80. The van der Waals surface area contributed by atoms with Crippen LogP contribution in [-0.4, -0.2) is 7.11 Å². The van der Waals surface area contributed by atoms with Gasteiger partial charge in [0.2, 0.25) is 0 Å². The normalized spacial score (nSPS) is 9.90. The minimum atomic E-state index is 0.542. The van der Waals surface area contributed by atoms with Crippen LogP contribution in [0.3, 0.4) is 0 Å². The minimum Gasteiger partial charge on any atom is -0.495 e. The van der Waals surface area contributed by atoms with E-state index in [2.05, 4.69) is 43.2 Å². The van der Waals surface area contributed by atoms with Crippen LogP contribution < -0.4 is 10.1 Å². The predicted molar refractivity (Wildman–Crippen MR) is 86.9 cm³/mol. The zero-order valence-corrected chi connectivity index (χ0v) is 14.0. The zero-order valence-electron chi connectivity index (χ0n) is 10.8. The lowest BCUT2D eigenvalue weighted by molar-refractivity contribution is 0.413. The number of halogens is 2. The molecule has 0 aliphatic carbocycles. The first kappa shape index (κ1) is 14.9. The average Bonchev–Trinajstić information content (AvgIpc) is 2.47. The highest BCUT2D eigenvalue weighted by Gasteiger charge is 2.05. The number of hydrogen-bond acceptors (Lipinski definition) is 3. The van der Waals surface area contributed by atoms with Gasteiger partial charge in [-0.15, -0.1) is 0 Å². The second kappa shape index (κ2) is 6.78. The lowest BCUT2D eigenvalue weighted by atomic mass is 10.1. The molecule has 0 aromatic heterocycles. The summed E-state index contributed by atoms with van der Waals surface area (Å²) in [5.74, 6) is 0.597. The molecule has 20 heavy (non-hydrogen) atoms. The Morgan fingerprint density at radius 3 is 2.70 bits per heavy atom. The Morgan fingerprint density at radius 1 is 1.20 bits per heavy atom. The number of nitrogens with one attached hydrogen (secondary N) is 1. The van der Waals surface area contributed by atoms with E-state index >= 15 is 0 Å². The molecule has 0 radical (unpaired) electrons. The second-order valence-corrected chi connectivity index (χ2v) is 5.89. The highest BCUT2D eigenvalue weighted by molar-refractivity contribution is 9.11. The standard InChI is InChI=1S/C15H12Br2N2O/c1-20-15-6-10(2-3-11(15)8-18)9-19-14-7-12(16)4-5-13(14)17/h2-7,19H,9H2,1H3. The maximum atomic E-state index is 8.96. The zero-order chi connectivity index (χ0) is 14.5. The van der Waals surface area contributed by atoms with E-state index in [0.717, 1.165) is 20.2 Å². The highest BCUT2D eigenvalue weighted by atomic mass is 79.9. The first-order valence-electron chi connectivity index (χ1n) is 5.90. The summed E-state index contributed by atoms with van der Waals surface area (Å²) in [7, 11) is 1.57. The van der Waals surface area contributed by atoms with Crippen LogP contribution in [0.25, 0.3) is 0 Å². The lowest BCUT2D eigenvalue weighted by Crippen LogP contribution is -2.01. The smallest absolute Gasteiger partial charge is 0.136 e. The molecule has 1 N–H and O–H groups in total. The van der Waals surface area contributed by atoms with Gasteiger partial charge in [0.05, 0.1) is 12.7 Å². The summed E-state index contributed by atoms with van der Waals surface area (Å²) in [4.78, 5) is 0. The fourth-order valence-corrected chi connectivity index (χ4v) is 2.52. The number of benzene rings is 2. The molecule has 0 fully saturated rings. The Hall–Kier alpha value is -1.51. The van der Waals surface area contributed by atoms with Gasteiger partial charge < -0.3 is 10.1 Å². The quantitative estimate of drug-likeness (QED) is 0.815. The number of ether oxygens (including phenoxy) is 1. The molecule has 2 rings (SSSR count). The molecule has 0 saturated heterocycles. The van der Waals surface area contributed by atoms with Crippen molar-refractivity contribution in [1.82, 2.24) is 0 Å². The van der Waals surface area contributed by atoms with E-state index in [1.54, 1.807) is 13.2 Å². The average molecular weight is 396 g/mol. The van der Waals surface area contributed by atoms with E-state index in [1.165, 1.54) is 0 Å². The van der Waals surface area contributed by atoms with Crippen molar-refractivity contribution in [1.29, 1.82) is 5.26 Å². The number of nitrogens with zero attached hydrogens (tertiary/aromatic N) is 1. The van der Waals surface area contributed by atoms with Crippen molar-refractivity contribution in [3.05, 3.63) is 56.5 Å². The first-order chi connectivity index (χ1) is 9.63. The molecular formula is C15H12Br2N2O. The second-order valence-electron chi connectivity index (χ2n) is 4.12. The molecule has 2 aromatic rings. The molecule has 2 aromatic carbocycles. The first-order valence-corrected chi connectivity index (χ1v) is 7.48. The number of methoxy groups -OCH3 is 1. The van der Waals surface area contributed by atoms with Gasteiger partial charge >= 0.3 is 0 Å². The van der Waals surface area contributed by atoms with Crippen molar-refractivity contribution in [3.63, 3.8) is 0 Å². The van der Waals surface area contributed by atoms with Crippen LogP contribution in [0.15, 0.2) is 45.3 Å².